The fraction of sp³-hybridized carbons (Fsp3) is 0.522. The molecule has 6 rings (SSSR count). The number of nitrogens with one attached hydrogen (secondary N) is 1. The van der Waals surface area contributed by atoms with Crippen molar-refractivity contribution in [3.05, 3.63) is 30.1 Å². The lowest BCUT2D eigenvalue weighted by molar-refractivity contribution is 0.291. The van der Waals surface area contributed by atoms with Crippen LogP contribution in [0.1, 0.15) is 37.7 Å². The van der Waals surface area contributed by atoms with Crippen LogP contribution >= 0.6 is 0 Å². The SMILES string of the molecule is CN1CCN(c2ccc(Nc3ncc4oc5c(c4n3)C3(CCCCC3)CN=N5)nc2)CC1. The maximum absolute atomic E-state index is 5.98. The standard InChI is InChI=1S/C23H28N8O/c1-30-9-11-31(12-10-30)16-5-6-18(24-13-16)27-22-25-14-17-20(28-22)19-21(32-17)29-26-15-23(19)7-3-2-4-8-23/h5-6,13-14H,2-4,7-12,15H2,1H3,(H,24,25,27,28). The van der Waals surface area contributed by atoms with Gasteiger partial charge < -0.3 is 19.5 Å². The number of nitrogens with zero attached hydrogens (tertiary/aromatic N) is 7. The zero-order valence-electron chi connectivity index (χ0n) is 18.4. The van der Waals surface area contributed by atoms with Crippen LogP contribution in [0, 0.1) is 0 Å². The zero-order chi connectivity index (χ0) is 21.5. The smallest absolute Gasteiger partial charge is 0.244 e. The Morgan fingerprint density at radius 3 is 2.62 bits per heavy atom. The molecule has 1 N–H and O–H groups in total. The molecule has 2 aliphatic heterocycles. The number of pyridine rings is 1. The molecule has 0 atom stereocenters. The molecule has 3 aliphatic rings. The van der Waals surface area contributed by atoms with Gasteiger partial charge in [-0.15, -0.1) is 5.11 Å². The van der Waals surface area contributed by atoms with Gasteiger partial charge in [-0.25, -0.2) is 15.0 Å². The lowest BCUT2D eigenvalue weighted by Gasteiger charge is -2.36. The number of fused-ring (bicyclic) bond motifs is 4. The van der Waals surface area contributed by atoms with Crippen LogP contribution in [0.3, 0.4) is 0 Å². The Labute approximate surface area is 187 Å². The van der Waals surface area contributed by atoms with E-state index in [4.69, 9.17) is 9.40 Å². The molecule has 0 aromatic carbocycles. The molecule has 0 unspecified atom stereocenters. The summed E-state index contributed by atoms with van der Waals surface area (Å²) in [6, 6.07) is 4.10. The Kier molecular flexibility index (Phi) is 4.78. The quantitative estimate of drug-likeness (QED) is 0.655. The van der Waals surface area contributed by atoms with Crippen LogP contribution in [0.4, 0.5) is 23.3 Å². The summed E-state index contributed by atoms with van der Waals surface area (Å²) < 4.78 is 5.98. The van der Waals surface area contributed by atoms with Gasteiger partial charge in [0.05, 0.1) is 30.2 Å². The fourth-order valence-electron chi connectivity index (χ4n) is 5.27. The number of azo groups is 1. The topological polar surface area (TPSA) is 95.0 Å². The number of anilines is 3. The number of piperazine rings is 1. The first-order valence-electron chi connectivity index (χ1n) is 11.5. The molecule has 0 amide bonds. The second-order valence-corrected chi connectivity index (χ2v) is 9.25. The predicted molar refractivity (Wildman–Crippen MR) is 123 cm³/mol. The Balaban J connectivity index is 1.27. The van der Waals surface area contributed by atoms with Gasteiger partial charge in [0.25, 0.3) is 0 Å². The van der Waals surface area contributed by atoms with Gasteiger partial charge in [0.2, 0.25) is 11.8 Å². The highest BCUT2D eigenvalue weighted by Gasteiger charge is 2.42. The second kappa shape index (κ2) is 7.81. The molecule has 9 heteroatoms. The zero-order valence-corrected chi connectivity index (χ0v) is 18.4. The predicted octanol–water partition coefficient (Wildman–Crippen LogP) is 4.41. The van der Waals surface area contributed by atoms with Crippen LogP contribution in [-0.2, 0) is 5.41 Å². The van der Waals surface area contributed by atoms with Gasteiger partial charge in [-0.1, -0.05) is 19.3 Å². The maximum Gasteiger partial charge on any atom is 0.244 e. The minimum atomic E-state index is -0.00534. The molecule has 2 fully saturated rings. The Hall–Kier alpha value is -3.07. The summed E-state index contributed by atoms with van der Waals surface area (Å²) in [5, 5.41) is 12.0. The summed E-state index contributed by atoms with van der Waals surface area (Å²) in [7, 11) is 2.16. The molecule has 3 aromatic rings. The largest absolute Gasteiger partial charge is 0.433 e. The monoisotopic (exact) mass is 432 g/mol. The molecule has 32 heavy (non-hydrogen) atoms. The van der Waals surface area contributed by atoms with Gasteiger partial charge in [-0.3, -0.25) is 0 Å². The Bertz CT molecular complexity index is 1140. The van der Waals surface area contributed by atoms with Crippen molar-refractivity contribution in [3.8, 4) is 0 Å². The first-order chi connectivity index (χ1) is 15.7. The van der Waals surface area contributed by atoms with E-state index < -0.39 is 0 Å². The molecule has 1 aliphatic carbocycles. The molecule has 1 saturated heterocycles. The van der Waals surface area contributed by atoms with E-state index in [0.717, 1.165) is 68.2 Å². The summed E-state index contributed by atoms with van der Waals surface area (Å²) in [6.07, 6.45) is 9.56. The third kappa shape index (κ3) is 3.40. The Morgan fingerprint density at radius 2 is 1.84 bits per heavy atom. The van der Waals surface area contributed by atoms with E-state index in [0.29, 0.717) is 17.4 Å². The first kappa shape index (κ1) is 19.6. The van der Waals surface area contributed by atoms with Gasteiger partial charge in [0, 0.05) is 31.6 Å². The van der Waals surface area contributed by atoms with E-state index in [1.165, 1.54) is 19.3 Å². The van der Waals surface area contributed by atoms with Crippen molar-refractivity contribution < 1.29 is 4.42 Å². The lowest BCUT2D eigenvalue weighted by Crippen LogP contribution is -2.44. The first-order valence-corrected chi connectivity index (χ1v) is 11.5. The van der Waals surface area contributed by atoms with Gasteiger partial charge in [-0.05, 0) is 32.0 Å². The maximum atomic E-state index is 5.98. The van der Waals surface area contributed by atoms with Gasteiger partial charge in [-0.2, -0.15) is 5.11 Å². The molecule has 0 bridgehead atoms. The van der Waals surface area contributed by atoms with Crippen LogP contribution in [0.5, 0.6) is 0 Å². The van der Waals surface area contributed by atoms with Crippen molar-refractivity contribution in [1.29, 1.82) is 0 Å². The number of rotatable bonds is 3. The van der Waals surface area contributed by atoms with Crippen LogP contribution < -0.4 is 10.2 Å². The molecule has 0 radical (unpaired) electrons. The average Bonchev–Trinajstić information content (AvgIpc) is 3.20. The number of hydrogen-bond acceptors (Lipinski definition) is 9. The average molecular weight is 433 g/mol. The van der Waals surface area contributed by atoms with E-state index in [1.54, 1.807) is 6.20 Å². The van der Waals surface area contributed by atoms with Crippen molar-refractivity contribution in [2.45, 2.75) is 37.5 Å². The highest BCUT2D eigenvalue weighted by atomic mass is 16.4. The highest BCUT2D eigenvalue weighted by Crippen LogP contribution is 2.50. The molecule has 1 spiro atoms. The van der Waals surface area contributed by atoms with Crippen LogP contribution in [-0.4, -0.2) is 59.6 Å². The molecular formula is C23H28N8O. The normalized spacial score (nSPS) is 20.6. The van der Waals surface area contributed by atoms with Crippen molar-refractivity contribution in [2.24, 2.45) is 10.2 Å². The number of likely N-dealkylation sites (N-methyl/N-ethyl adjacent to an activating group) is 1. The molecule has 9 nitrogen and oxygen atoms in total. The molecular weight excluding hydrogens is 404 g/mol. The molecule has 166 valence electrons. The van der Waals surface area contributed by atoms with Crippen LogP contribution in [0.15, 0.2) is 39.2 Å². The summed E-state index contributed by atoms with van der Waals surface area (Å²) in [4.78, 5) is 18.6. The van der Waals surface area contributed by atoms with Crippen molar-refractivity contribution in [1.82, 2.24) is 19.9 Å². The summed E-state index contributed by atoms with van der Waals surface area (Å²) in [5.41, 5.74) is 3.78. The van der Waals surface area contributed by atoms with E-state index in [1.807, 2.05) is 12.3 Å². The van der Waals surface area contributed by atoms with Crippen molar-refractivity contribution >= 4 is 34.4 Å². The van der Waals surface area contributed by atoms with E-state index in [2.05, 4.69) is 48.4 Å². The van der Waals surface area contributed by atoms with Crippen molar-refractivity contribution in [2.75, 3.05) is 50.0 Å². The van der Waals surface area contributed by atoms with E-state index in [-0.39, 0.29) is 5.41 Å². The third-order valence-electron chi connectivity index (χ3n) is 7.14. The minimum absolute atomic E-state index is 0.00534. The molecule has 3 aromatic heterocycles. The minimum Gasteiger partial charge on any atom is -0.433 e. The van der Waals surface area contributed by atoms with Gasteiger partial charge in [0.15, 0.2) is 5.58 Å². The van der Waals surface area contributed by atoms with E-state index >= 15 is 0 Å². The van der Waals surface area contributed by atoms with Gasteiger partial charge in [0.1, 0.15) is 11.3 Å². The van der Waals surface area contributed by atoms with Crippen LogP contribution in [0.2, 0.25) is 0 Å². The van der Waals surface area contributed by atoms with Crippen molar-refractivity contribution in [3.63, 3.8) is 0 Å². The summed E-state index contributed by atoms with van der Waals surface area (Å²) in [5.74, 6) is 1.86. The number of furan rings is 1. The molecule has 5 heterocycles. The van der Waals surface area contributed by atoms with Gasteiger partial charge >= 0.3 is 0 Å². The highest BCUT2D eigenvalue weighted by molar-refractivity contribution is 5.84. The Morgan fingerprint density at radius 1 is 1.00 bits per heavy atom. The second-order valence-electron chi connectivity index (χ2n) is 9.25. The number of hydrogen-bond donors (Lipinski definition) is 1. The van der Waals surface area contributed by atoms with Crippen LogP contribution in [0.25, 0.3) is 11.1 Å². The molecule has 1 saturated carbocycles. The number of aromatic nitrogens is 3. The fourth-order valence-corrected chi connectivity index (χ4v) is 5.27. The summed E-state index contributed by atoms with van der Waals surface area (Å²) in [6.45, 7) is 4.91. The van der Waals surface area contributed by atoms with E-state index in [9.17, 15) is 0 Å². The third-order valence-corrected chi connectivity index (χ3v) is 7.14. The lowest BCUT2D eigenvalue weighted by atomic mass is 9.69. The summed E-state index contributed by atoms with van der Waals surface area (Å²) >= 11 is 0.